The molecule has 33 heavy (non-hydrogen) atoms. The Morgan fingerprint density at radius 3 is 2.30 bits per heavy atom. The number of allylic oxidation sites excluding steroid dienone is 2. The van der Waals surface area contributed by atoms with Crippen molar-refractivity contribution in [2.75, 3.05) is 0 Å². The average Bonchev–Trinajstić information content (AvgIpc) is 3.24. The standard InChI is InChI=1S/C26H27F3O4/c1-16(2)7-14-21-22(33-20-5-3-4-6-20)15-18(23(24(21)30)25(31)32)11-8-17-9-12-19(13-10-17)26(27,28)29/h7-13,15,20,30H,3-6,14H2,1-2H3,(H,31,32). The van der Waals surface area contributed by atoms with E-state index in [0.717, 1.165) is 43.4 Å². The summed E-state index contributed by atoms with van der Waals surface area (Å²) in [4.78, 5) is 12.0. The monoisotopic (exact) mass is 460 g/mol. The van der Waals surface area contributed by atoms with E-state index in [-0.39, 0.29) is 23.0 Å². The molecule has 2 aromatic rings. The average molecular weight is 460 g/mol. The van der Waals surface area contributed by atoms with Crippen LogP contribution in [0.4, 0.5) is 13.2 Å². The van der Waals surface area contributed by atoms with Crippen molar-refractivity contribution in [1.29, 1.82) is 0 Å². The third-order valence-electron chi connectivity index (χ3n) is 5.61. The number of rotatable bonds is 7. The van der Waals surface area contributed by atoms with Gasteiger partial charge in [-0.3, -0.25) is 0 Å². The normalized spacial score (nSPS) is 14.6. The van der Waals surface area contributed by atoms with Crippen molar-refractivity contribution < 1.29 is 32.9 Å². The Labute approximate surface area is 191 Å². The fourth-order valence-corrected chi connectivity index (χ4v) is 3.82. The maximum Gasteiger partial charge on any atom is 0.416 e. The van der Waals surface area contributed by atoms with Gasteiger partial charge < -0.3 is 14.9 Å². The molecule has 4 nitrogen and oxygen atoms in total. The fraction of sp³-hybridized carbons (Fsp3) is 0.346. The Balaban J connectivity index is 2.03. The van der Waals surface area contributed by atoms with Gasteiger partial charge in [0.2, 0.25) is 0 Å². The number of carboxylic acid groups (broad SMARTS) is 1. The lowest BCUT2D eigenvalue weighted by Crippen LogP contribution is -2.13. The van der Waals surface area contributed by atoms with E-state index in [1.165, 1.54) is 24.3 Å². The molecule has 0 radical (unpaired) electrons. The SMILES string of the molecule is CC(C)=CCc1c(OC2CCCC2)cc(C=Cc2ccc(C(F)(F)F)cc2)c(C(=O)O)c1O. The first kappa shape index (κ1) is 24.4. The predicted molar refractivity (Wildman–Crippen MR) is 121 cm³/mol. The van der Waals surface area contributed by atoms with Crippen molar-refractivity contribution in [3.8, 4) is 11.5 Å². The smallest absolute Gasteiger partial charge is 0.416 e. The van der Waals surface area contributed by atoms with E-state index in [1.54, 1.807) is 6.07 Å². The number of benzene rings is 2. The highest BCUT2D eigenvalue weighted by Crippen LogP contribution is 2.38. The van der Waals surface area contributed by atoms with Crippen LogP contribution in [-0.4, -0.2) is 22.3 Å². The Bertz CT molecular complexity index is 1060. The zero-order valence-corrected chi connectivity index (χ0v) is 18.6. The lowest BCUT2D eigenvalue weighted by Gasteiger charge is -2.19. The highest BCUT2D eigenvalue weighted by Gasteiger charge is 2.30. The van der Waals surface area contributed by atoms with E-state index in [9.17, 15) is 28.2 Å². The van der Waals surface area contributed by atoms with Crippen LogP contribution in [-0.2, 0) is 12.6 Å². The number of aromatic carboxylic acids is 1. The van der Waals surface area contributed by atoms with Crippen LogP contribution in [0, 0.1) is 0 Å². The molecule has 7 heteroatoms. The van der Waals surface area contributed by atoms with Crippen molar-refractivity contribution in [2.45, 2.75) is 58.2 Å². The Hall–Kier alpha value is -3.22. The van der Waals surface area contributed by atoms with E-state index in [4.69, 9.17) is 4.74 Å². The molecule has 0 aromatic heterocycles. The van der Waals surface area contributed by atoms with Crippen LogP contribution < -0.4 is 4.74 Å². The summed E-state index contributed by atoms with van der Waals surface area (Å²) in [6.07, 6.45) is 4.63. The quantitative estimate of drug-likeness (QED) is 0.341. The van der Waals surface area contributed by atoms with Crippen molar-refractivity contribution in [3.05, 3.63) is 69.8 Å². The van der Waals surface area contributed by atoms with Gasteiger partial charge in [-0.2, -0.15) is 13.2 Å². The summed E-state index contributed by atoms with van der Waals surface area (Å²) in [7, 11) is 0. The maximum absolute atomic E-state index is 12.8. The number of carbonyl (C=O) groups is 1. The molecule has 1 fully saturated rings. The summed E-state index contributed by atoms with van der Waals surface area (Å²) in [6, 6.07) is 6.13. The van der Waals surface area contributed by atoms with Gasteiger partial charge in [0, 0.05) is 5.56 Å². The van der Waals surface area contributed by atoms with Crippen molar-refractivity contribution in [3.63, 3.8) is 0 Å². The van der Waals surface area contributed by atoms with E-state index < -0.39 is 17.7 Å². The van der Waals surface area contributed by atoms with Crippen LogP contribution in [0.2, 0.25) is 0 Å². The lowest BCUT2D eigenvalue weighted by molar-refractivity contribution is -0.137. The summed E-state index contributed by atoms with van der Waals surface area (Å²) in [5.41, 5.74) is 1.07. The molecular formula is C26H27F3O4. The van der Waals surface area contributed by atoms with E-state index >= 15 is 0 Å². The first-order chi connectivity index (χ1) is 15.6. The van der Waals surface area contributed by atoms with E-state index in [1.807, 2.05) is 19.9 Å². The highest BCUT2D eigenvalue weighted by molar-refractivity contribution is 5.97. The number of ether oxygens (including phenoxy) is 1. The molecule has 0 unspecified atom stereocenters. The Kier molecular flexibility index (Phi) is 7.51. The van der Waals surface area contributed by atoms with Crippen molar-refractivity contribution in [1.82, 2.24) is 0 Å². The van der Waals surface area contributed by atoms with E-state index in [2.05, 4.69) is 0 Å². The summed E-state index contributed by atoms with van der Waals surface area (Å²) in [5, 5.41) is 20.7. The second-order valence-electron chi connectivity index (χ2n) is 8.43. The number of carboxylic acids is 1. The first-order valence-corrected chi connectivity index (χ1v) is 10.8. The first-order valence-electron chi connectivity index (χ1n) is 10.8. The Morgan fingerprint density at radius 2 is 1.76 bits per heavy atom. The van der Waals surface area contributed by atoms with Crippen molar-refractivity contribution >= 4 is 18.1 Å². The zero-order valence-electron chi connectivity index (χ0n) is 18.6. The summed E-state index contributed by atoms with van der Waals surface area (Å²) < 4.78 is 44.5. The Morgan fingerprint density at radius 1 is 1.12 bits per heavy atom. The second kappa shape index (κ2) is 10.1. The van der Waals surface area contributed by atoms with Gasteiger partial charge in [-0.15, -0.1) is 0 Å². The van der Waals surface area contributed by atoms with Gasteiger partial charge in [-0.05, 0) is 75.3 Å². The van der Waals surface area contributed by atoms with Crippen LogP contribution in [0.3, 0.4) is 0 Å². The molecule has 0 atom stereocenters. The van der Waals surface area contributed by atoms with Gasteiger partial charge in [0.05, 0.1) is 11.7 Å². The van der Waals surface area contributed by atoms with E-state index in [0.29, 0.717) is 23.3 Å². The summed E-state index contributed by atoms with van der Waals surface area (Å²) >= 11 is 0. The topological polar surface area (TPSA) is 66.8 Å². The number of hydrogen-bond acceptors (Lipinski definition) is 3. The molecule has 0 saturated heterocycles. The molecule has 1 saturated carbocycles. The number of aromatic hydroxyl groups is 1. The lowest BCUT2D eigenvalue weighted by atomic mass is 9.97. The minimum absolute atomic E-state index is 0.00252. The molecule has 2 N–H and O–H groups in total. The van der Waals surface area contributed by atoms with Gasteiger partial charge in [-0.1, -0.05) is 35.9 Å². The van der Waals surface area contributed by atoms with Gasteiger partial charge in [-0.25, -0.2) is 4.79 Å². The van der Waals surface area contributed by atoms with Crippen LogP contribution >= 0.6 is 0 Å². The van der Waals surface area contributed by atoms with Gasteiger partial charge in [0.1, 0.15) is 17.1 Å². The highest BCUT2D eigenvalue weighted by atomic mass is 19.4. The molecule has 1 aliphatic carbocycles. The van der Waals surface area contributed by atoms with Crippen molar-refractivity contribution in [2.24, 2.45) is 0 Å². The molecule has 0 aliphatic heterocycles. The molecule has 0 bridgehead atoms. The second-order valence-corrected chi connectivity index (χ2v) is 8.43. The number of phenols is 1. The van der Waals surface area contributed by atoms with Gasteiger partial charge >= 0.3 is 12.1 Å². The third kappa shape index (κ3) is 6.18. The van der Waals surface area contributed by atoms with Gasteiger partial charge in [0.25, 0.3) is 0 Å². The number of alkyl halides is 3. The minimum atomic E-state index is -4.43. The molecular weight excluding hydrogens is 433 g/mol. The zero-order chi connectivity index (χ0) is 24.2. The molecule has 0 amide bonds. The van der Waals surface area contributed by atoms with Crippen LogP contribution in [0.15, 0.2) is 42.0 Å². The number of halogens is 3. The molecule has 3 rings (SSSR count). The molecule has 0 heterocycles. The van der Waals surface area contributed by atoms with Crippen LogP contribution in [0.25, 0.3) is 12.2 Å². The third-order valence-corrected chi connectivity index (χ3v) is 5.61. The maximum atomic E-state index is 12.8. The van der Waals surface area contributed by atoms with Crippen LogP contribution in [0.1, 0.15) is 72.1 Å². The molecule has 0 spiro atoms. The number of hydrogen-bond donors (Lipinski definition) is 2. The fourth-order valence-electron chi connectivity index (χ4n) is 3.82. The summed E-state index contributed by atoms with van der Waals surface area (Å²) in [5.74, 6) is -1.23. The largest absolute Gasteiger partial charge is 0.507 e. The molecule has 176 valence electrons. The molecule has 1 aliphatic rings. The predicted octanol–water partition coefficient (Wildman–Crippen LogP) is 7.11. The molecule has 2 aromatic carbocycles. The minimum Gasteiger partial charge on any atom is -0.507 e. The van der Waals surface area contributed by atoms with Crippen LogP contribution in [0.5, 0.6) is 11.5 Å². The van der Waals surface area contributed by atoms with Gasteiger partial charge in [0.15, 0.2) is 0 Å². The summed E-state index contributed by atoms with van der Waals surface area (Å²) in [6.45, 7) is 3.82.